The Morgan fingerprint density at radius 3 is 2.19 bits per heavy atom. The third-order valence-electron chi connectivity index (χ3n) is 2.77. The quantitative estimate of drug-likeness (QED) is 0.681. The first-order chi connectivity index (χ1) is 10.2. The van der Waals surface area contributed by atoms with E-state index in [0.717, 1.165) is 17.9 Å². The molecule has 0 aliphatic heterocycles. The lowest BCUT2D eigenvalue weighted by molar-refractivity contribution is 0.247. The van der Waals surface area contributed by atoms with Crippen molar-refractivity contribution < 1.29 is 14.2 Å². The summed E-state index contributed by atoms with van der Waals surface area (Å²) in [4.78, 5) is 0. The molecular formula is C16H16Cl2O3. The highest BCUT2D eigenvalue weighted by atomic mass is 35.5. The summed E-state index contributed by atoms with van der Waals surface area (Å²) in [5, 5.41) is 1.11. The van der Waals surface area contributed by atoms with Gasteiger partial charge in [0.25, 0.3) is 0 Å². The molecule has 0 aromatic heterocycles. The van der Waals surface area contributed by atoms with E-state index in [1.54, 1.807) is 25.3 Å². The molecule has 21 heavy (non-hydrogen) atoms. The summed E-state index contributed by atoms with van der Waals surface area (Å²) in [5.41, 5.74) is 0. The van der Waals surface area contributed by atoms with E-state index in [0.29, 0.717) is 29.0 Å². The van der Waals surface area contributed by atoms with E-state index in [9.17, 15) is 0 Å². The SMILES string of the molecule is COc1ccc(OCCCOc2ccc(Cl)cc2Cl)cc1. The minimum Gasteiger partial charge on any atom is -0.497 e. The number of halogens is 2. The van der Waals surface area contributed by atoms with Crippen LogP contribution < -0.4 is 14.2 Å². The molecule has 0 aliphatic carbocycles. The van der Waals surface area contributed by atoms with Crippen molar-refractivity contribution in [1.29, 1.82) is 0 Å². The lowest BCUT2D eigenvalue weighted by atomic mass is 10.3. The van der Waals surface area contributed by atoms with Crippen LogP contribution in [0.4, 0.5) is 0 Å². The number of methoxy groups -OCH3 is 1. The van der Waals surface area contributed by atoms with E-state index in [-0.39, 0.29) is 0 Å². The highest BCUT2D eigenvalue weighted by Gasteiger charge is 2.02. The standard InChI is InChI=1S/C16H16Cl2O3/c1-19-13-4-6-14(7-5-13)20-9-2-10-21-16-8-3-12(17)11-15(16)18/h3-8,11H,2,9-10H2,1H3. The Morgan fingerprint density at radius 2 is 1.52 bits per heavy atom. The molecule has 2 aromatic rings. The second-order valence-corrected chi connectivity index (χ2v) is 5.14. The van der Waals surface area contributed by atoms with Gasteiger partial charge in [0.2, 0.25) is 0 Å². The van der Waals surface area contributed by atoms with E-state index in [1.165, 1.54) is 0 Å². The molecule has 0 radical (unpaired) electrons. The molecule has 0 spiro atoms. The Balaban J connectivity index is 1.69. The second kappa shape index (κ2) is 8.01. The van der Waals surface area contributed by atoms with Crippen LogP contribution in [0.2, 0.25) is 10.0 Å². The van der Waals surface area contributed by atoms with Crippen LogP contribution in [0.25, 0.3) is 0 Å². The molecule has 0 bridgehead atoms. The topological polar surface area (TPSA) is 27.7 Å². The molecule has 0 fully saturated rings. The van der Waals surface area contributed by atoms with E-state index in [1.807, 2.05) is 24.3 Å². The number of rotatable bonds is 7. The average molecular weight is 327 g/mol. The fourth-order valence-electron chi connectivity index (χ4n) is 1.70. The third-order valence-corrected chi connectivity index (χ3v) is 3.30. The van der Waals surface area contributed by atoms with Gasteiger partial charge in [0.1, 0.15) is 17.2 Å². The molecule has 0 aliphatic rings. The summed E-state index contributed by atoms with van der Waals surface area (Å²) in [6.45, 7) is 1.09. The largest absolute Gasteiger partial charge is 0.497 e. The van der Waals surface area contributed by atoms with Crippen LogP contribution in [0.1, 0.15) is 6.42 Å². The first kappa shape index (κ1) is 15.8. The van der Waals surface area contributed by atoms with Crippen molar-refractivity contribution in [3.63, 3.8) is 0 Å². The van der Waals surface area contributed by atoms with Gasteiger partial charge < -0.3 is 14.2 Å². The minimum absolute atomic E-state index is 0.513. The maximum absolute atomic E-state index is 6.01. The minimum atomic E-state index is 0.513. The van der Waals surface area contributed by atoms with Gasteiger partial charge in [-0.05, 0) is 42.5 Å². The highest BCUT2D eigenvalue weighted by molar-refractivity contribution is 6.35. The van der Waals surface area contributed by atoms with Crippen molar-refractivity contribution in [3.05, 3.63) is 52.5 Å². The maximum atomic E-state index is 6.01. The molecule has 0 saturated heterocycles. The van der Waals surface area contributed by atoms with E-state index in [4.69, 9.17) is 37.4 Å². The summed E-state index contributed by atoms with van der Waals surface area (Å²) >= 11 is 11.8. The van der Waals surface area contributed by atoms with Gasteiger partial charge in [-0.2, -0.15) is 0 Å². The van der Waals surface area contributed by atoms with Crippen molar-refractivity contribution in [1.82, 2.24) is 0 Å². The Labute approximate surface area is 134 Å². The van der Waals surface area contributed by atoms with Gasteiger partial charge in [-0.15, -0.1) is 0 Å². The first-order valence-corrected chi connectivity index (χ1v) is 7.29. The number of benzene rings is 2. The fraction of sp³-hybridized carbons (Fsp3) is 0.250. The maximum Gasteiger partial charge on any atom is 0.137 e. The Kier molecular flexibility index (Phi) is 6.03. The molecule has 3 nitrogen and oxygen atoms in total. The molecule has 112 valence electrons. The van der Waals surface area contributed by atoms with Gasteiger partial charge in [-0.25, -0.2) is 0 Å². The molecular weight excluding hydrogens is 311 g/mol. The van der Waals surface area contributed by atoms with Crippen LogP contribution in [0.5, 0.6) is 17.2 Å². The lowest BCUT2D eigenvalue weighted by Gasteiger charge is -2.09. The summed E-state index contributed by atoms with van der Waals surface area (Å²) in [6.07, 6.45) is 0.755. The summed E-state index contributed by atoms with van der Waals surface area (Å²) in [6, 6.07) is 12.6. The van der Waals surface area contributed by atoms with E-state index < -0.39 is 0 Å². The molecule has 2 aromatic carbocycles. The van der Waals surface area contributed by atoms with Gasteiger partial charge in [0.15, 0.2) is 0 Å². The molecule has 0 amide bonds. The number of hydrogen-bond donors (Lipinski definition) is 0. The predicted molar refractivity (Wildman–Crippen MR) is 85.1 cm³/mol. The fourth-order valence-corrected chi connectivity index (χ4v) is 2.16. The Bertz CT molecular complexity index is 570. The van der Waals surface area contributed by atoms with Gasteiger partial charge in [-0.3, -0.25) is 0 Å². The summed E-state index contributed by atoms with van der Waals surface area (Å²) < 4.78 is 16.3. The molecule has 5 heteroatoms. The molecule has 0 unspecified atom stereocenters. The number of ether oxygens (including phenoxy) is 3. The van der Waals surface area contributed by atoms with Crippen LogP contribution in [0.3, 0.4) is 0 Å². The average Bonchev–Trinajstić information content (AvgIpc) is 2.49. The van der Waals surface area contributed by atoms with Crippen LogP contribution in [0, 0.1) is 0 Å². The molecule has 2 rings (SSSR count). The van der Waals surface area contributed by atoms with Crippen molar-refractivity contribution >= 4 is 23.2 Å². The summed E-state index contributed by atoms with van der Waals surface area (Å²) in [5.74, 6) is 2.24. The lowest BCUT2D eigenvalue weighted by Crippen LogP contribution is -2.05. The molecule has 0 saturated carbocycles. The predicted octanol–water partition coefficient (Wildman–Crippen LogP) is 4.85. The summed E-state index contributed by atoms with van der Waals surface area (Å²) in [7, 11) is 1.63. The van der Waals surface area contributed by atoms with E-state index in [2.05, 4.69) is 0 Å². The Morgan fingerprint density at radius 1 is 0.857 bits per heavy atom. The molecule has 0 N–H and O–H groups in total. The zero-order valence-corrected chi connectivity index (χ0v) is 13.2. The normalized spacial score (nSPS) is 10.2. The van der Waals surface area contributed by atoms with Crippen molar-refractivity contribution in [2.75, 3.05) is 20.3 Å². The zero-order valence-electron chi connectivity index (χ0n) is 11.6. The number of hydrogen-bond acceptors (Lipinski definition) is 3. The van der Waals surface area contributed by atoms with Crippen molar-refractivity contribution in [2.24, 2.45) is 0 Å². The van der Waals surface area contributed by atoms with Crippen molar-refractivity contribution in [3.8, 4) is 17.2 Å². The van der Waals surface area contributed by atoms with Crippen molar-refractivity contribution in [2.45, 2.75) is 6.42 Å². The van der Waals surface area contributed by atoms with Gasteiger partial charge >= 0.3 is 0 Å². The first-order valence-electron chi connectivity index (χ1n) is 6.54. The van der Waals surface area contributed by atoms with Gasteiger partial charge in [-0.1, -0.05) is 23.2 Å². The highest BCUT2D eigenvalue weighted by Crippen LogP contribution is 2.27. The van der Waals surface area contributed by atoms with Crippen LogP contribution in [0.15, 0.2) is 42.5 Å². The van der Waals surface area contributed by atoms with E-state index >= 15 is 0 Å². The zero-order chi connectivity index (χ0) is 15.1. The van der Waals surface area contributed by atoms with Crippen LogP contribution in [-0.4, -0.2) is 20.3 Å². The van der Waals surface area contributed by atoms with Gasteiger partial charge in [0.05, 0.1) is 25.3 Å². The third kappa shape index (κ3) is 5.03. The monoisotopic (exact) mass is 326 g/mol. The Hall–Kier alpha value is -1.58. The van der Waals surface area contributed by atoms with Gasteiger partial charge in [0, 0.05) is 11.4 Å². The molecule has 0 atom stereocenters. The van der Waals surface area contributed by atoms with Crippen LogP contribution in [-0.2, 0) is 0 Å². The second-order valence-electron chi connectivity index (χ2n) is 4.30. The smallest absolute Gasteiger partial charge is 0.137 e. The van der Waals surface area contributed by atoms with Crippen LogP contribution >= 0.6 is 23.2 Å². The molecule has 0 heterocycles.